The number of fused-ring (bicyclic) bond motifs is 4. The number of aliphatic imine (C=N–C) groups is 2. The quantitative estimate of drug-likeness (QED) is 0.231. The van der Waals surface area contributed by atoms with Crippen LogP contribution in [-0.4, -0.2) is 95.0 Å². The summed E-state index contributed by atoms with van der Waals surface area (Å²) in [4.78, 5) is 39.2. The zero-order valence-corrected chi connectivity index (χ0v) is 27.5. The molecule has 1 aromatic heterocycles. The fourth-order valence-corrected chi connectivity index (χ4v) is 6.82. The van der Waals surface area contributed by atoms with Gasteiger partial charge in [0.2, 0.25) is 0 Å². The van der Waals surface area contributed by atoms with Crippen LogP contribution in [0.3, 0.4) is 0 Å². The molecule has 7 rings (SSSR count). The largest absolute Gasteiger partial charge is 0.493 e. The van der Waals surface area contributed by atoms with Crippen LogP contribution >= 0.6 is 0 Å². The molecule has 0 bridgehead atoms. The van der Waals surface area contributed by atoms with Crippen LogP contribution in [0.2, 0.25) is 0 Å². The fraction of sp³-hybridized carbons (Fsp3) is 0.486. The first kappa shape index (κ1) is 31.6. The first-order chi connectivity index (χ1) is 23.5. The minimum atomic E-state index is -0.0236. The van der Waals surface area contributed by atoms with Crippen molar-refractivity contribution in [2.75, 3.05) is 33.9 Å². The number of nitrogens with zero attached hydrogens (tertiary/aromatic N) is 7. The van der Waals surface area contributed by atoms with E-state index in [2.05, 4.69) is 20.3 Å². The van der Waals surface area contributed by atoms with Crippen LogP contribution in [0.25, 0.3) is 0 Å². The highest BCUT2D eigenvalue weighted by molar-refractivity contribution is 6.04. The molecule has 2 fully saturated rings. The van der Waals surface area contributed by atoms with E-state index in [0.29, 0.717) is 57.8 Å². The van der Waals surface area contributed by atoms with Crippen molar-refractivity contribution in [3.8, 4) is 23.0 Å². The molecule has 252 valence electrons. The monoisotopic (exact) mass is 655 g/mol. The third kappa shape index (κ3) is 6.45. The number of carbonyl (C=O) groups is 2. The van der Waals surface area contributed by atoms with Crippen molar-refractivity contribution >= 4 is 35.6 Å². The summed E-state index contributed by atoms with van der Waals surface area (Å²) in [6.07, 6.45) is 13.3. The van der Waals surface area contributed by atoms with Gasteiger partial charge in [0.1, 0.15) is 12.3 Å². The molecule has 13 heteroatoms. The van der Waals surface area contributed by atoms with Gasteiger partial charge in [0, 0.05) is 44.2 Å². The molecule has 0 saturated carbocycles. The van der Waals surface area contributed by atoms with Gasteiger partial charge in [-0.3, -0.25) is 24.3 Å². The van der Waals surface area contributed by atoms with Crippen molar-refractivity contribution in [2.45, 2.75) is 76.6 Å². The Labute approximate surface area is 279 Å². The molecule has 3 aromatic rings. The molecule has 48 heavy (non-hydrogen) atoms. The molecule has 5 heterocycles. The second-order valence-electron chi connectivity index (χ2n) is 12.5. The Kier molecular flexibility index (Phi) is 9.26. The van der Waals surface area contributed by atoms with Crippen molar-refractivity contribution in [1.29, 1.82) is 0 Å². The number of aromatic nitrogens is 3. The second kappa shape index (κ2) is 14.0. The molecule has 2 aromatic carbocycles. The van der Waals surface area contributed by atoms with Gasteiger partial charge in [0.25, 0.3) is 11.8 Å². The summed E-state index contributed by atoms with van der Waals surface area (Å²) in [5.74, 6) is 2.11. The fourth-order valence-electron chi connectivity index (χ4n) is 6.82. The Bertz CT molecular complexity index is 1740. The van der Waals surface area contributed by atoms with Gasteiger partial charge in [0.15, 0.2) is 23.0 Å². The molecule has 13 nitrogen and oxygen atoms in total. The standard InChI is InChI=1S/C35H41N7O6/c1-45-30-15-26-28(36-19-24-9-7-12-41(24)34(26)43)17-32(30)47-14-6-4-3-5-11-40-21-23(38-39-40)22-48-33-18-29-27(16-31(33)46-2)35(44)42-13-8-10-25(42)20-37-29/h15-21,24-25H,3-14,22H2,1-2H3/t24-,25-/m0/s1. The smallest absolute Gasteiger partial charge is 0.256 e. The lowest BCUT2D eigenvalue weighted by Crippen LogP contribution is -2.35. The first-order valence-corrected chi connectivity index (χ1v) is 16.8. The van der Waals surface area contributed by atoms with E-state index in [-0.39, 0.29) is 30.5 Å². The van der Waals surface area contributed by atoms with Crippen molar-refractivity contribution < 1.29 is 28.5 Å². The zero-order valence-electron chi connectivity index (χ0n) is 27.5. The van der Waals surface area contributed by atoms with Crippen molar-refractivity contribution in [3.63, 3.8) is 0 Å². The number of hydrogen-bond donors (Lipinski definition) is 0. The van der Waals surface area contributed by atoms with Crippen molar-refractivity contribution in [1.82, 2.24) is 24.8 Å². The van der Waals surface area contributed by atoms with Crippen LogP contribution in [-0.2, 0) is 13.2 Å². The summed E-state index contributed by atoms with van der Waals surface area (Å²) in [6.45, 7) is 2.99. The van der Waals surface area contributed by atoms with E-state index in [4.69, 9.17) is 18.9 Å². The maximum absolute atomic E-state index is 13.1. The van der Waals surface area contributed by atoms with E-state index in [9.17, 15) is 9.59 Å². The maximum atomic E-state index is 13.1. The van der Waals surface area contributed by atoms with E-state index in [1.165, 1.54) is 0 Å². The number of aryl methyl sites for hydroxylation is 1. The number of rotatable bonds is 13. The van der Waals surface area contributed by atoms with Crippen LogP contribution in [0.4, 0.5) is 11.4 Å². The van der Waals surface area contributed by atoms with E-state index >= 15 is 0 Å². The molecule has 2 saturated heterocycles. The van der Waals surface area contributed by atoms with Crippen molar-refractivity contribution in [3.05, 3.63) is 47.3 Å². The van der Waals surface area contributed by atoms with Gasteiger partial charge >= 0.3 is 0 Å². The lowest BCUT2D eigenvalue weighted by Gasteiger charge is -2.20. The lowest BCUT2D eigenvalue weighted by molar-refractivity contribution is 0.0766. The molecular weight excluding hydrogens is 614 g/mol. The number of ether oxygens (including phenoxy) is 4. The summed E-state index contributed by atoms with van der Waals surface area (Å²) in [6, 6.07) is 7.16. The number of unbranched alkanes of at least 4 members (excludes halogenated alkanes) is 3. The van der Waals surface area contributed by atoms with Gasteiger partial charge in [-0.2, -0.15) is 0 Å². The van der Waals surface area contributed by atoms with E-state index < -0.39 is 0 Å². The predicted molar refractivity (Wildman–Crippen MR) is 179 cm³/mol. The molecule has 4 aliphatic heterocycles. The van der Waals surface area contributed by atoms with Gasteiger partial charge < -0.3 is 28.7 Å². The zero-order chi connectivity index (χ0) is 33.0. The number of amides is 2. The molecule has 0 unspecified atom stereocenters. The first-order valence-electron chi connectivity index (χ1n) is 16.8. The maximum Gasteiger partial charge on any atom is 0.256 e. The normalized spacial score (nSPS) is 19.4. The van der Waals surface area contributed by atoms with Crippen LogP contribution in [0.15, 0.2) is 40.4 Å². The Morgan fingerprint density at radius 1 is 0.729 bits per heavy atom. The number of methoxy groups -OCH3 is 2. The highest BCUT2D eigenvalue weighted by Crippen LogP contribution is 2.39. The molecule has 0 N–H and O–H groups in total. The van der Waals surface area contributed by atoms with E-state index in [0.717, 1.165) is 71.0 Å². The number of hydrogen-bond acceptors (Lipinski definition) is 10. The highest BCUT2D eigenvalue weighted by Gasteiger charge is 2.34. The Balaban J connectivity index is 0.860. The molecule has 0 radical (unpaired) electrons. The molecule has 2 atom stereocenters. The topological polar surface area (TPSA) is 133 Å². The predicted octanol–water partition coefficient (Wildman–Crippen LogP) is 5.15. The molecule has 0 aliphatic carbocycles. The van der Waals surface area contributed by atoms with Gasteiger partial charge in [-0.15, -0.1) is 5.10 Å². The summed E-state index contributed by atoms with van der Waals surface area (Å²) in [5.41, 5.74) is 3.00. The Morgan fingerprint density at radius 2 is 1.31 bits per heavy atom. The van der Waals surface area contributed by atoms with Gasteiger partial charge in [-0.25, -0.2) is 0 Å². The highest BCUT2D eigenvalue weighted by atomic mass is 16.5. The number of benzene rings is 2. The Morgan fingerprint density at radius 3 is 1.92 bits per heavy atom. The summed E-state index contributed by atoms with van der Waals surface area (Å²) < 4.78 is 25.1. The average molecular weight is 656 g/mol. The van der Waals surface area contributed by atoms with Crippen molar-refractivity contribution in [2.24, 2.45) is 9.98 Å². The van der Waals surface area contributed by atoms with Crippen LogP contribution in [0.1, 0.15) is 77.8 Å². The minimum Gasteiger partial charge on any atom is -0.493 e. The van der Waals surface area contributed by atoms with Gasteiger partial charge in [-0.1, -0.05) is 11.6 Å². The lowest BCUT2D eigenvalue weighted by atomic mass is 10.1. The summed E-state index contributed by atoms with van der Waals surface area (Å²) >= 11 is 0. The summed E-state index contributed by atoms with van der Waals surface area (Å²) in [5, 5.41) is 8.53. The number of carbonyl (C=O) groups excluding carboxylic acids is 2. The molecular formula is C35H41N7O6. The van der Waals surface area contributed by atoms with E-state index in [1.807, 2.05) is 39.2 Å². The second-order valence-corrected chi connectivity index (χ2v) is 12.5. The van der Waals surface area contributed by atoms with Crippen LogP contribution in [0.5, 0.6) is 23.0 Å². The van der Waals surface area contributed by atoms with E-state index in [1.54, 1.807) is 32.4 Å². The average Bonchev–Trinajstić information content (AvgIpc) is 3.86. The minimum absolute atomic E-state index is 0.000959. The third-order valence-corrected chi connectivity index (χ3v) is 9.42. The SMILES string of the molecule is COc1cc2c(cc1OCCCCCCn1cc(COc3cc4c(cc3OC)C(=O)N3CCC[C@H]3C=N4)nn1)N=C[C@@H]1CCCN1C2=O. The van der Waals surface area contributed by atoms with Gasteiger partial charge in [0.05, 0.1) is 61.6 Å². The molecule has 4 aliphatic rings. The van der Waals surface area contributed by atoms with Gasteiger partial charge in [-0.05, 0) is 57.1 Å². The third-order valence-electron chi connectivity index (χ3n) is 9.42. The molecule has 0 spiro atoms. The molecule has 2 amide bonds. The Hall–Kier alpha value is -4.94. The van der Waals surface area contributed by atoms with Crippen LogP contribution in [0, 0.1) is 0 Å². The van der Waals surface area contributed by atoms with Crippen LogP contribution < -0.4 is 18.9 Å². The summed E-state index contributed by atoms with van der Waals surface area (Å²) in [7, 11) is 3.15.